The zero-order chi connectivity index (χ0) is 10.8. The second-order valence-electron chi connectivity index (χ2n) is 3.87. The van der Waals surface area contributed by atoms with Crippen LogP contribution in [0, 0.1) is 5.92 Å². The highest BCUT2D eigenvalue weighted by molar-refractivity contribution is 5.71. The van der Waals surface area contributed by atoms with Crippen LogP contribution in [0.25, 0.3) is 0 Å². The molecule has 0 bridgehead atoms. The summed E-state index contributed by atoms with van der Waals surface area (Å²) in [5, 5.41) is 3.07. The molecule has 0 unspecified atom stereocenters. The first kappa shape index (κ1) is 13.4. The summed E-state index contributed by atoms with van der Waals surface area (Å²) in [7, 11) is 0. The van der Waals surface area contributed by atoms with Gasteiger partial charge in [-0.05, 0) is 25.8 Å². The predicted molar refractivity (Wildman–Crippen MR) is 58.2 cm³/mol. The number of carbonyl (C=O) groups excluding carboxylic acids is 1. The Labute approximate surface area is 87.2 Å². The number of unbranched alkanes of at least 4 members (excludes halogenated alkanes) is 1. The number of esters is 1. The van der Waals surface area contributed by atoms with Crippen molar-refractivity contribution in [3.8, 4) is 0 Å². The molecule has 0 heterocycles. The molecule has 0 saturated heterocycles. The maximum Gasteiger partial charge on any atom is 0.319 e. The molecule has 1 N–H and O–H groups in total. The number of hydrogen-bond acceptors (Lipinski definition) is 3. The molecule has 0 aromatic carbocycles. The third-order valence-electron chi connectivity index (χ3n) is 1.96. The lowest BCUT2D eigenvalue weighted by Gasteiger charge is -2.05. The van der Waals surface area contributed by atoms with E-state index in [0.717, 1.165) is 18.9 Å². The molecule has 0 aliphatic carbocycles. The van der Waals surface area contributed by atoms with Gasteiger partial charge in [0.2, 0.25) is 0 Å². The van der Waals surface area contributed by atoms with Crippen molar-refractivity contribution in [1.82, 2.24) is 5.32 Å². The molecule has 0 aromatic rings. The summed E-state index contributed by atoms with van der Waals surface area (Å²) in [6, 6.07) is 0. The number of ether oxygens (including phenoxy) is 1. The van der Waals surface area contributed by atoms with E-state index >= 15 is 0 Å². The third-order valence-corrected chi connectivity index (χ3v) is 1.96. The molecule has 14 heavy (non-hydrogen) atoms. The fraction of sp³-hybridized carbons (Fsp3) is 0.909. The fourth-order valence-corrected chi connectivity index (χ4v) is 1.21. The number of rotatable bonds is 8. The van der Waals surface area contributed by atoms with Crippen LogP contribution in [0.4, 0.5) is 0 Å². The lowest BCUT2D eigenvalue weighted by atomic mass is 10.1. The maximum absolute atomic E-state index is 10.9. The number of nitrogens with one attached hydrogen (secondary N) is 1. The van der Waals surface area contributed by atoms with Gasteiger partial charge in [-0.25, -0.2) is 0 Å². The summed E-state index contributed by atoms with van der Waals surface area (Å²) in [4.78, 5) is 10.9. The standard InChI is InChI=1S/C11H23NO2/c1-4-14-11(13)9-12-8-6-5-7-10(2)3/h10,12H,4-9H2,1-3H3. The van der Waals surface area contributed by atoms with Crippen molar-refractivity contribution >= 4 is 5.97 Å². The smallest absolute Gasteiger partial charge is 0.319 e. The topological polar surface area (TPSA) is 38.3 Å². The lowest BCUT2D eigenvalue weighted by Crippen LogP contribution is -2.25. The summed E-state index contributed by atoms with van der Waals surface area (Å²) in [6.45, 7) is 7.99. The normalized spacial score (nSPS) is 10.6. The van der Waals surface area contributed by atoms with E-state index in [1.807, 2.05) is 6.92 Å². The minimum Gasteiger partial charge on any atom is -0.465 e. The molecule has 3 heteroatoms. The van der Waals surface area contributed by atoms with Gasteiger partial charge < -0.3 is 10.1 Å². The van der Waals surface area contributed by atoms with Gasteiger partial charge in [-0.1, -0.05) is 26.7 Å². The Balaban J connectivity index is 3.09. The van der Waals surface area contributed by atoms with E-state index in [1.165, 1.54) is 12.8 Å². The second kappa shape index (κ2) is 9.00. The number of carbonyl (C=O) groups is 1. The minimum atomic E-state index is -0.156. The van der Waals surface area contributed by atoms with Gasteiger partial charge in [-0.2, -0.15) is 0 Å². The summed E-state index contributed by atoms with van der Waals surface area (Å²) in [5.41, 5.74) is 0. The van der Waals surface area contributed by atoms with Crippen molar-refractivity contribution in [1.29, 1.82) is 0 Å². The molecule has 0 rings (SSSR count). The number of hydrogen-bond donors (Lipinski definition) is 1. The SMILES string of the molecule is CCOC(=O)CNCCCCC(C)C. The largest absolute Gasteiger partial charge is 0.465 e. The Hall–Kier alpha value is -0.570. The van der Waals surface area contributed by atoms with Crippen LogP contribution in [0.1, 0.15) is 40.0 Å². The van der Waals surface area contributed by atoms with Gasteiger partial charge in [-0.3, -0.25) is 4.79 Å². The first-order valence-corrected chi connectivity index (χ1v) is 5.53. The zero-order valence-corrected chi connectivity index (χ0v) is 9.64. The quantitative estimate of drug-likeness (QED) is 0.482. The molecule has 0 saturated carbocycles. The molecule has 0 aliphatic rings. The Morgan fingerprint density at radius 1 is 1.36 bits per heavy atom. The molecule has 0 aliphatic heterocycles. The van der Waals surface area contributed by atoms with Gasteiger partial charge in [-0.15, -0.1) is 0 Å². The van der Waals surface area contributed by atoms with E-state index in [4.69, 9.17) is 4.74 Å². The lowest BCUT2D eigenvalue weighted by molar-refractivity contribution is -0.141. The van der Waals surface area contributed by atoms with Crippen LogP contribution in [0.3, 0.4) is 0 Å². The van der Waals surface area contributed by atoms with Crippen LogP contribution >= 0.6 is 0 Å². The Morgan fingerprint density at radius 3 is 2.64 bits per heavy atom. The fourth-order valence-electron chi connectivity index (χ4n) is 1.21. The molecule has 3 nitrogen and oxygen atoms in total. The van der Waals surface area contributed by atoms with Gasteiger partial charge in [0.05, 0.1) is 13.2 Å². The third kappa shape index (κ3) is 9.52. The van der Waals surface area contributed by atoms with Crippen LogP contribution in [0.2, 0.25) is 0 Å². The van der Waals surface area contributed by atoms with Crippen molar-refractivity contribution in [3.05, 3.63) is 0 Å². The van der Waals surface area contributed by atoms with Crippen LogP contribution in [-0.4, -0.2) is 25.7 Å². The Morgan fingerprint density at radius 2 is 2.07 bits per heavy atom. The van der Waals surface area contributed by atoms with Gasteiger partial charge in [0, 0.05) is 0 Å². The summed E-state index contributed by atoms with van der Waals surface area (Å²) in [5.74, 6) is 0.622. The highest BCUT2D eigenvalue weighted by Crippen LogP contribution is 2.04. The zero-order valence-electron chi connectivity index (χ0n) is 9.64. The minimum absolute atomic E-state index is 0.156. The molecule has 0 amide bonds. The highest BCUT2D eigenvalue weighted by atomic mass is 16.5. The molecule has 0 aromatic heterocycles. The van der Waals surface area contributed by atoms with Crippen molar-refractivity contribution in [2.45, 2.75) is 40.0 Å². The summed E-state index contributed by atoms with van der Waals surface area (Å²) < 4.78 is 4.79. The van der Waals surface area contributed by atoms with Gasteiger partial charge in [0.15, 0.2) is 0 Å². The average molecular weight is 201 g/mol. The first-order valence-electron chi connectivity index (χ1n) is 5.53. The van der Waals surface area contributed by atoms with E-state index in [0.29, 0.717) is 13.2 Å². The summed E-state index contributed by atoms with van der Waals surface area (Å²) in [6.07, 6.45) is 3.63. The van der Waals surface area contributed by atoms with Gasteiger partial charge in [0.25, 0.3) is 0 Å². The van der Waals surface area contributed by atoms with Crippen molar-refractivity contribution in [3.63, 3.8) is 0 Å². The first-order chi connectivity index (χ1) is 6.66. The van der Waals surface area contributed by atoms with E-state index in [9.17, 15) is 4.79 Å². The van der Waals surface area contributed by atoms with Gasteiger partial charge in [0.1, 0.15) is 0 Å². The predicted octanol–water partition coefficient (Wildman–Crippen LogP) is 1.97. The van der Waals surface area contributed by atoms with Crippen molar-refractivity contribution < 1.29 is 9.53 Å². The van der Waals surface area contributed by atoms with E-state index in [2.05, 4.69) is 19.2 Å². The Bertz CT molecular complexity index is 146. The molecular weight excluding hydrogens is 178 g/mol. The molecular formula is C11H23NO2. The summed E-state index contributed by atoms with van der Waals surface area (Å²) >= 11 is 0. The van der Waals surface area contributed by atoms with Crippen molar-refractivity contribution in [2.24, 2.45) is 5.92 Å². The van der Waals surface area contributed by atoms with Crippen molar-refractivity contribution in [2.75, 3.05) is 19.7 Å². The van der Waals surface area contributed by atoms with E-state index < -0.39 is 0 Å². The highest BCUT2D eigenvalue weighted by Gasteiger charge is 1.99. The molecule has 0 atom stereocenters. The van der Waals surface area contributed by atoms with Crippen LogP contribution in [0.15, 0.2) is 0 Å². The monoisotopic (exact) mass is 201 g/mol. The average Bonchev–Trinajstić information content (AvgIpc) is 2.11. The maximum atomic E-state index is 10.9. The second-order valence-corrected chi connectivity index (χ2v) is 3.87. The van der Waals surface area contributed by atoms with Crippen LogP contribution in [0.5, 0.6) is 0 Å². The van der Waals surface area contributed by atoms with E-state index in [-0.39, 0.29) is 5.97 Å². The van der Waals surface area contributed by atoms with E-state index in [1.54, 1.807) is 0 Å². The molecule has 0 fully saturated rings. The van der Waals surface area contributed by atoms with Gasteiger partial charge >= 0.3 is 5.97 Å². The van der Waals surface area contributed by atoms with Crippen LogP contribution < -0.4 is 5.32 Å². The molecule has 0 spiro atoms. The Kier molecular flexibility index (Phi) is 8.64. The molecule has 0 radical (unpaired) electrons. The molecule has 84 valence electrons. The van der Waals surface area contributed by atoms with Crippen LogP contribution in [-0.2, 0) is 9.53 Å².